The minimum Gasteiger partial charge on any atom is -0.382 e. The summed E-state index contributed by atoms with van der Waals surface area (Å²) in [5, 5.41) is 0. The van der Waals surface area contributed by atoms with Gasteiger partial charge in [-0.3, -0.25) is 0 Å². The van der Waals surface area contributed by atoms with E-state index in [2.05, 4.69) is 0 Å². The average Bonchev–Trinajstić information content (AvgIpc) is 2.17. The third kappa shape index (κ3) is 4.16. The highest BCUT2D eigenvalue weighted by atomic mass is 32.2. The van der Waals surface area contributed by atoms with Gasteiger partial charge in [0.1, 0.15) is 5.76 Å². The fourth-order valence-electron chi connectivity index (χ4n) is 1.15. The topological polar surface area (TPSA) is 43.4 Å². The predicted molar refractivity (Wildman–Crippen MR) is 60.6 cm³/mol. The minimum absolute atomic E-state index is 0.389. The molecule has 0 aliphatic carbocycles. The van der Waals surface area contributed by atoms with Crippen molar-refractivity contribution in [3.8, 4) is 0 Å². The predicted octanol–water partition coefficient (Wildman–Crippen LogP) is 2.41. The van der Waals surface area contributed by atoms with Gasteiger partial charge in [0.2, 0.25) is 0 Å². The van der Waals surface area contributed by atoms with Gasteiger partial charge in [0.05, 0.1) is 6.26 Å². The van der Waals surface area contributed by atoms with E-state index in [1.807, 2.05) is 37.3 Å². The summed E-state index contributed by atoms with van der Waals surface area (Å²) in [5.41, 5.74) is 0.768. The van der Waals surface area contributed by atoms with Crippen LogP contribution in [0.5, 0.6) is 0 Å². The molecule has 0 saturated heterocycles. The lowest BCUT2D eigenvalue weighted by Gasteiger charge is -2.07. The Morgan fingerprint density at radius 2 is 1.93 bits per heavy atom. The van der Waals surface area contributed by atoms with Crippen LogP contribution < -0.4 is 0 Å². The molecule has 0 aromatic heterocycles. The van der Waals surface area contributed by atoms with Gasteiger partial charge in [0.25, 0.3) is 0 Å². The second kappa shape index (κ2) is 4.98. The largest absolute Gasteiger partial charge is 0.382 e. The van der Waals surface area contributed by atoms with E-state index in [-0.39, 0.29) is 0 Å². The van der Waals surface area contributed by atoms with E-state index in [4.69, 9.17) is 4.18 Å². The third-order valence-corrected chi connectivity index (χ3v) is 2.17. The van der Waals surface area contributed by atoms with Crippen LogP contribution in [-0.2, 0) is 14.3 Å². The molecule has 0 bridgehead atoms. The van der Waals surface area contributed by atoms with E-state index in [1.165, 1.54) is 0 Å². The summed E-state index contributed by atoms with van der Waals surface area (Å²) in [4.78, 5) is 0. The van der Waals surface area contributed by atoms with Gasteiger partial charge in [0, 0.05) is 5.56 Å². The molecule has 0 spiro atoms. The van der Waals surface area contributed by atoms with Gasteiger partial charge in [0.15, 0.2) is 0 Å². The van der Waals surface area contributed by atoms with E-state index in [0.29, 0.717) is 5.76 Å². The maximum atomic E-state index is 11.0. The molecular weight excluding hydrogens is 212 g/mol. The summed E-state index contributed by atoms with van der Waals surface area (Å²) in [6.45, 7) is 1.93. The van der Waals surface area contributed by atoms with Crippen molar-refractivity contribution >= 4 is 15.9 Å². The van der Waals surface area contributed by atoms with Crippen molar-refractivity contribution in [1.82, 2.24) is 0 Å². The zero-order valence-electron chi connectivity index (χ0n) is 8.80. The fraction of sp³-hybridized carbons (Fsp3) is 0.273. The van der Waals surface area contributed by atoms with Crippen molar-refractivity contribution in [1.29, 1.82) is 0 Å². The van der Waals surface area contributed by atoms with Crippen molar-refractivity contribution in [3.63, 3.8) is 0 Å². The lowest BCUT2D eigenvalue weighted by atomic mass is 10.2. The molecule has 0 atom stereocenters. The summed E-state index contributed by atoms with van der Waals surface area (Å²) in [7, 11) is -3.46. The van der Waals surface area contributed by atoms with Gasteiger partial charge in [-0.25, -0.2) is 0 Å². The zero-order chi connectivity index (χ0) is 11.3. The zero-order valence-corrected chi connectivity index (χ0v) is 9.62. The first-order chi connectivity index (χ1) is 7.03. The van der Waals surface area contributed by atoms with Gasteiger partial charge < -0.3 is 4.18 Å². The van der Waals surface area contributed by atoms with Crippen LogP contribution >= 0.6 is 0 Å². The molecule has 0 aliphatic rings. The number of allylic oxidation sites excluding steroid dienone is 1. The quantitative estimate of drug-likeness (QED) is 0.585. The average molecular weight is 226 g/mol. The summed E-state index contributed by atoms with van der Waals surface area (Å²) < 4.78 is 27.0. The van der Waals surface area contributed by atoms with E-state index in [0.717, 1.165) is 18.2 Å². The summed E-state index contributed by atoms with van der Waals surface area (Å²) >= 11 is 0. The molecule has 0 unspecified atom stereocenters. The molecule has 0 fully saturated rings. The maximum absolute atomic E-state index is 11.0. The summed E-state index contributed by atoms with van der Waals surface area (Å²) in [6.07, 6.45) is 3.51. The van der Waals surface area contributed by atoms with Crippen LogP contribution in [0, 0.1) is 0 Å². The molecular formula is C11H14O3S. The molecule has 4 heteroatoms. The Bertz CT molecular complexity index is 432. The molecule has 1 aromatic carbocycles. The molecule has 15 heavy (non-hydrogen) atoms. The van der Waals surface area contributed by atoms with Crippen LogP contribution in [0.2, 0.25) is 0 Å². The highest BCUT2D eigenvalue weighted by molar-refractivity contribution is 7.86. The van der Waals surface area contributed by atoms with Gasteiger partial charge in [-0.1, -0.05) is 37.3 Å². The smallest absolute Gasteiger partial charge is 0.306 e. The second-order valence-corrected chi connectivity index (χ2v) is 4.71. The molecule has 0 heterocycles. The molecule has 3 nitrogen and oxygen atoms in total. The van der Waals surface area contributed by atoms with Gasteiger partial charge >= 0.3 is 10.1 Å². The van der Waals surface area contributed by atoms with Gasteiger partial charge in [-0.2, -0.15) is 8.42 Å². The van der Waals surface area contributed by atoms with Crippen LogP contribution in [-0.4, -0.2) is 14.7 Å². The maximum Gasteiger partial charge on any atom is 0.306 e. The van der Waals surface area contributed by atoms with Gasteiger partial charge in [-0.05, 0) is 12.5 Å². The monoisotopic (exact) mass is 226 g/mol. The lowest BCUT2D eigenvalue weighted by molar-refractivity contribution is 0.469. The Hall–Kier alpha value is -1.29. The highest BCUT2D eigenvalue weighted by Gasteiger charge is 2.08. The summed E-state index contributed by atoms with van der Waals surface area (Å²) in [5.74, 6) is 0.389. The van der Waals surface area contributed by atoms with Crippen molar-refractivity contribution < 1.29 is 12.6 Å². The van der Waals surface area contributed by atoms with Crippen LogP contribution in [0.4, 0.5) is 0 Å². The van der Waals surface area contributed by atoms with Crippen LogP contribution in [0.25, 0.3) is 5.76 Å². The standard InChI is InChI=1S/C11H14O3S/c1-3-7-11(14-15(2,12)13)10-8-5-4-6-9-10/h4-9H,3H2,1-2H3. The molecule has 0 saturated carbocycles. The normalized spacial score (nSPS) is 12.5. The van der Waals surface area contributed by atoms with E-state index in [9.17, 15) is 8.42 Å². The molecule has 0 amide bonds. The van der Waals surface area contributed by atoms with Crippen molar-refractivity contribution in [3.05, 3.63) is 42.0 Å². The lowest BCUT2D eigenvalue weighted by Crippen LogP contribution is -2.02. The highest BCUT2D eigenvalue weighted by Crippen LogP contribution is 2.18. The number of hydrogen-bond acceptors (Lipinski definition) is 3. The van der Waals surface area contributed by atoms with Crippen LogP contribution in [0.1, 0.15) is 18.9 Å². The Morgan fingerprint density at radius 1 is 1.33 bits per heavy atom. The Labute approximate surface area is 90.5 Å². The number of rotatable bonds is 4. The number of benzene rings is 1. The van der Waals surface area contributed by atoms with E-state index < -0.39 is 10.1 Å². The van der Waals surface area contributed by atoms with Crippen LogP contribution in [0.15, 0.2) is 36.4 Å². The fourth-order valence-corrected chi connectivity index (χ4v) is 1.64. The SMILES string of the molecule is CCC=C(OS(C)(=O)=O)c1ccccc1. The molecule has 82 valence electrons. The van der Waals surface area contributed by atoms with Gasteiger partial charge in [-0.15, -0.1) is 0 Å². The minimum atomic E-state index is -3.46. The molecule has 0 N–H and O–H groups in total. The third-order valence-electron chi connectivity index (χ3n) is 1.69. The molecule has 0 aliphatic heterocycles. The van der Waals surface area contributed by atoms with Crippen molar-refractivity contribution in [2.24, 2.45) is 0 Å². The Morgan fingerprint density at radius 3 is 2.40 bits per heavy atom. The molecule has 0 radical (unpaired) electrons. The Kier molecular flexibility index (Phi) is 3.91. The first kappa shape index (κ1) is 11.8. The Balaban J connectivity index is 3.00. The molecule has 1 aromatic rings. The summed E-state index contributed by atoms with van der Waals surface area (Å²) in [6, 6.07) is 9.17. The van der Waals surface area contributed by atoms with Crippen LogP contribution in [0.3, 0.4) is 0 Å². The van der Waals surface area contributed by atoms with E-state index >= 15 is 0 Å². The first-order valence-electron chi connectivity index (χ1n) is 4.68. The molecule has 1 rings (SSSR count). The first-order valence-corrected chi connectivity index (χ1v) is 6.49. The van der Waals surface area contributed by atoms with Crippen molar-refractivity contribution in [2.75, 3.05) is 6.26 Å². The number of hydrogen-bond donors (Lipinski definition) is 0. The second-order valence-electron chi connectivity index (χ2n) is 3.13. The van der Waals surface area contributed by atoms with E-state index in [1.54, 1.807) is 6.08 Å². The van der Waals surface area contributed by atoms with Crippen molar-refractivity contribution in [2.45, 2.75) is 13.3 Å².